The maximum absolute atomic E-state index is 6.81. The molecule has 0 aliphatic carbocycles. The van der Waals surface area contributed by atoms with E-state index in [0.717, 1.165) is 66.8 Å². The molecule has 10 aromatic rings. The molecule has 56 heavy (non-hydrogen) atoms. The van der Waals surface area contributed by atoms with Crippen molar-refractivity contribution in [2.24, 2.45) is 9.98 Å². The van der Waals surface area contributed by atoms with Crippen LogP contribution in [0.25, 0.3) is 71.7 Å². The summed E-state index contributed by atoms with van der Waals surface area (Å²) in [5.41, 5.74) is 12.7. The number of hydrogen-bond acceptors (Lipinski definition) is 4. The molecule has 264 valence electrons. The summed E-state index contributed by atoms with van der Waals surface area (Å²) in [5.74, 6) is 1.46. The Labute approximate surface area is 323 Å². The van der Waals surface area contributed by atoms with E-state index >= 15 is 0 Å². The summed E-state index contributed by atoms with van der Waals surface area (Å²) < 4.78 is 9.16. The molecule has 0 bridgehead atoms. The van der Waals surface area contributed by atoms with Crippen molar-refractivity contribution < 1.29 is 4.42 Å². The van der Waals surface area contributed by atoms with Crippen molar-refractivity contribution in [2.75, 3.05) is 0 Å². The summed E-state index contributed by atoms with van der Waals surface area (Å²) in [4.78, 5) is 10.2. The maximum atomic E-state index is 6.81. The van der Waals surface area contributed by atoms with Crippen LogP contribution in [0.5, 0.6) is 0 Å². The molecule has 8 aromatic carbocycles. The molecule has 1 aliphatic rings. The Bertz CT molecular complexity index is 3140. The van der Waals surface area contributed by atoms with Gasteiger partial charge in [-0.25, -0.2) is 9.98 Å². The van der Waals surface area contributed by atoms with Crippen molar-refractivity contribution in [3.05, 3.63) is 211 Å². The van der Waals surface area contributed by atoms with Gasteiger partial charge in [0.15, 0.2) is 5.84 Å². The third-order valence-corrected chi connectivity index (χ3v) is 10.9. The molecule has 2 aromatic heterocycles. The first-order valence-corrected chi connectivity index (χ1v) is 18.9. The van der Waals surface area contributed by atoms with Gasteiger partial charge in [0.25, 0.3) is 0 Å². The lowest BCUT2D eigenvalue weighted by Crippen LogP contribution is -2.33. The van der Waals surface area contributed by atoms with Gasteiger partial charge in [0.2, 0.25) is 0 Å². The number of nitrogens with one attached hydrogen (secondary N) is 1. The van der Waals surface area contributed by atoms with Gasteiger partial charge in [0.1, 0.15) is 23.2 Å². The molecule has 1 N–H and O–H groups in total. The minimum atomic E-state index is -0.368. The molecular formula is C51H34N4O. The quantitative estimate of drug-likeness (QED) is 0.186. The van der Waals surface area contributed by atoms with Gasteiger partial charge in [0, 0.05) is 49.5 Å². The Morgan fingerprint density at radius 3 is 1.91 bits per heavy atom. The second kappa shape index (κ2) is 13.1. The average molecular weight is 719 g/mol. The molecule has 1 unspecified atom stereocenters. The molecule has 0 radical (unpaired) electrons. The lowest BCUT2D eigenvalue weighted by Gasteiger charge is -2.23. The molecule has 0 saturated carbocycles. The van der Waals surface area contributed by atoms with E-state index in [0.29, 0.717) is 5.84 Å². The van der Waals surface area contributed by atoms with E-state index in [1.807, 2.05) is 24.3 Å². The van der Waals surface area contributed by atoms with Crippen LogP contribution in [0.4, 0.5) is 0 Å². The number of aliphatic imine (C=N–C) groups is 2. The number of nitrogens with zero attached hydrogens (tertiary/aromatic N) is 3. The summed E-state index contributed by atoms with van der Waals surface area (Å²) in [6, 6.07) is 68.0. The standard InChI is InChI=1S/C51H34N4O/c1-4-13-33(14-5-1)34-23-25-36(26-24-34)50-52-49(35-15-6-2-7-16-35)53-51(54-50)38-27-29-42-43-21-12-20-40(48(43)56-47(42)32-38)37-28-30-46-44(31-37)41-19-10-11-22-45(41)55(46)39-17-8-3-9-18-39/h1-32,51H,(H,52,53,54). The van der Waals surface area contributed by atoms with Crippen LogP contribution in [0.2, 0.25) is 0 Å². The molecule has 5 heteroatoms. The zero-order chi connectivity index (χ0) is 37.0. The Kier molecular flexibility index (Phi) is 7.49. The monoisotopic (exact) mass is 718 g/mol. The van der Waals surface area contributed by atoms with Crippen molar-refractivity contribution in [1.29, 1.82) is 0 Å². The first-order chi connectivity index (χ1) is 27.7. The second-order valence-corrected chi connectivity index (χ2v) is 14.2. The Balaban J connectivity index is 0.986. The molecule has 0 spiro atoms. The number of amidine groups is 2. The van der Waals surface area contributed by atoms with Gasteiger partial charge in [-0.15, -0.1) is 0 Å². The molecular weight excluding hydrogens is 685 g/mol. The van der Waals surface area contributed by atoms with E-state index in [-0.39, 0.29) is 6.17 Å². The predicted octanol–water partition coefficient (Wildman–Crippen LogP) is 12.5. The Morgan fingerprint density at radius 1 is 0.464 bits per heavy atom. The third-order valence-electron chi connectivity index (χ3n) is 10.9. The van der Waals surface area contributed by atoms with E-state index in [4.69, 9.17) is 14.4 Å². The van der Waals surface area contributed by atoms with Crippen LogP contribution in [0.3, 0.4) is 0 Å². The number of hydrogen-bond donors (Lipinski definition) is 1. The highest BCUT2D eigenvalue weighted by molar-refractivity contribution is 6.15. The number of rotatable bonds is 6. The summed E-state index contributed by atoms with van der Waals surface area (Å²) in [5, 5.41) is 8.23. The van der Waals surface area contributed by atoms with Gasteiger partial charge in [-0.2, -0.15) is 0 Å². The highest BCUT2D eigenvalue weighted by Gasteiger charge is 2.23. The van der Waals surface area contributed by atoms with Gasteiger partial charge in [-0.3, -0.25) is 0 Å². The number of fused-ring (bicyclic) bond motifs is 6. The van der Waals surface area contributed by atoms with Crippen molar-refractivity contribution in [1.82, 2.24) is 9.88 Å². The molecule has 3 heterocycles. The van der Waals surface area contributed by atoms with Crippen molar-refractivity contribution in [3.63, 3.8) is 0 Å². The lowest BCUT2D eigenvalue weighted by molar-refractivity contribution is 0.655. The second-order valence-electron chi connectivity index (χ2n) is 14.2. The van der Waals surface area contributed by atoms with Crippen LogP contribution in [0.1, 0.15) is 22.9 Å². The zero-order valence-corrected chi connectivity index (χ0v) is 30.3. The van der Waals surface area contributed by atoms with Gasteiger partial charge < -0.3 is 14.3 Å². The molecule has 11 rings (SSSR count). The SMILES string of the molecule is c1ccc(C2=NC(c3ccc4c(c3)oc3c(-c5ccc6c(c5)c5ccccc5n6-c5ccccc5)cccc34)NC(c3ccc(-c4ccccc4)cc3)=N2)cc1. The molecule has 5 nitrogen and oxygen atoms in total. The topological polar surface area (TPSA) is 54.8 Å². The third kappa shape index (κ3) is 5.40. The van der Waals surface area contributed by atoms with E-state index < -0.39 is 0 Å². The summed E-state index contributed by atoms with van der Waals surface area (Å²) in [6.45, 7) is 0. The Morgan fingerprint density at radius 2 is 1.11 bits per heavy atom. The molecule has 1 aliphatic heterocycles. The number of furan rings is 1. The minimum absolute atomic E-state index is 0.368. The molecule has 0 fully saturated rings. The van der Waals surface area contributed by atoms with Crippen molar-refractivity contribution in [3.8, 4) is 27.9 Å². The smallest absolute Gasteiger partial charge is 0.159 e. The lowest BCUT2D eigenvalue weighted by atomic mass is 10.00. The van der Waals surface area contributed by atoms with E-state index in [1.54, 1.807) is 0 Å². The first-order valence-electron chi connectivity index (χ1n) is 18.9. The number of aromatic nitrogens is 1. The highest BCUT2D eigenvalue weighted by atomic mass is 16.3. The van der Waals surface area contributed by atoms with Crippen molar-refractivity contribution in [2.45, 2.75) is 6.17 Å². The molecule has 1 atom stereocenters. The zero-order valence-electron chi connectivity index (χ0n) is 30.3. The van der Waals surface area contributed by atoms with Crippen LogP contribution in [0, 0.1) is 0 Å². The average Bonchev–Trinajstić information content (AvgIpc) is 3.82. The van der Waals surface area contributed by atoms with Gasteiger partial charge >= 0.3 is 0 Å². The summed E-state index contributed by atoms with van der Waals surface area (Å²) in [6.07, 6.45) is -0.368. The van der Waals surface area contributed by atoms with Crippen molar-refractivity contribution >= 4 is 55.4 Å². The highest BCUT2D eigenvalue weighted by Crippen LogP contribution is 2.40. The van der Waals surface area contributed by atoms with Crippen LogP contribution < -0.4 is 5.32 Å². The first kappa shape index (κ1) is 32.0. The predicted molar refractivity (Wildman–Crippen MR) is 231 cm³/mol. The summed E-state index contributed by atoms with van der Waals surface area (Å²) in [7, 11) is 0. The minimum Gasteiger partial charge on any atom is -0.455 e. The molecule has 0 saturated heterocycles. The maximum Gasteiger partial charge on any atom is 0.159 e. The normalized spacial score (nSPS) is 14.2. The fraction of sp³-hybridized carbons (Fsp3) is 0.0196. The van der Waals surface area contributed by atoms with Crippen LogP contribution in [-0.4, -0.2) is 16.2 Å². The number of para-hydroxylation sites is 3. The van der Waals surface area contributed by atoms with Gasteiger partial charge in [0.05, 0.1) is 11.0 Å². The molecule has 0 amide bonds. The summed E-state index contributed by atoms with van der Waals surface area (Å²) >= 11 is 0. The van der Waals surface area contributed by atoms with Crippen LogP contribution in [0.15, 0.2) is 209 Å². The van der Waals surface area contributed by atoms with Crippen LogP contribution >= 0.6 is 0 Å². The van der Waals surface area contributed by atoms with Gasteiger partial charge in [-0.05, 0) is 53.1 Å². The van der Waals surface area contributed by atoms with Gasteiger partial charge in [-0.1, -0.05) is 158 Å². The van der Waals surface area contributed by atoms with E-state index in [9.17, 15) is 0 Å². The van der Waals surface area contributed by atoms with E-state index in [1.165, 1.54) is 27.4 Å². The fourth-order valence-corrected chi connectivity index (χ4v) is 8.14. The fourth-order valence-electron chi connectivity index (χ4n) is 8.14. The Hall–Kier alpha value is -7.50. The number of benzene rings is 8. The largest absolute Gasteiger partial charge is 0.455 e. The van der Waals surface area contributed by atoms with Crippen LogP contribution in [-0.2, 0) is 0 Å². The van der Waals surface area contributed by atoms with E-state index in [2.05, 4.69) is 180 Å².